The van der Waals surface area contributed by atoms with Crippen molar-refractivity contribution in [1.29, 1.82) is 5.26 Å². The van der Waals surface area contributed by atoms with Gasteiger partial charge < -0.3 is 10.1 Å². The van der Waals surface area contributed by atoms with Crippen LogP contribution in [0.2, 0.25) is 0 Å². The first-order valence-corrected chi connectivity index (χ1v) is 7.85. The van der Waals surface area contributed by atoms with E-state index in [1.807, 2.05) is 6.07 Å². The van der Waals surface area contributed by atoms with Crippen LogP contribution in [-0.4, -0.2) is 16.9 Å². The maximum absolute atomic E-state index is 12.5. The Labute approximate surface area is 153 Å². The molecule has 1 heterocycles. The van der Waals surface area contributed by atoms with Crippen LogP contribution >= 0.6 is 0 Å². The molecule has 1 aliphatic rings. The van der Waals surface area contributed by atoms with Crippen LogP contribution in [0.25, 0.3) is 0 Å². The number of carbonyl (C=O) groups is 2. The molecule has 0 spiro atoms. The summed E-state index contributed by atoms with van der Waals surface area (Å²) in [4.78, 5) is 34.9. The Hall–Kier alpha value is -3.93. The van der Waals surface area contributed by atoms with Crippen LogP contribution in [0.5, 0.6) is 0 Å². The predicted octanol–water partition coefficient (Wildman–Crippen LogP) is 3.52. The fraction of sp³-hybridized carbons (Fsp3) is 0.167. The molecule has 0 fully saturated rings. The molecule has 0 aliphatic carbocycles. The van der Waals surface area contributed by atoms with Crippen molar-refractivity contribution < 1.29 is 19.2 Å². The number of fused-ring (bicyclic) bond motifs is 1. The number of carbonyl (C=O) groups excluding carboxylic acids is 2. The molecule has 0 aromatic heterocycles. The average molecular weight is 366 g/mol. The average Bonchev–Trinajstić information content (AvgIpc) is 2.61. The van der Waals surface area contributed by atoms with Crippen molar-refractivity contribution in [3.8, 4) is 6.07 Å². The second-order valence-electron chi connectivity index (χ2n) is 6.34. The molecule has 27 heavy (non-hydrogen) atoms. The van der Waals surface area contributed by atoms with Crippen molar-refractivity contribution in [1.82, 2.24) is 0 Å². The minimum absolute atomic E-state index is 0.0269. The topological polar surface area (TPSA) is 134 Å². The first-order valence-electron chi connectivity index (χ1n) is 7.85. The van der Waals surface area contributed by atoms with E-state index in [1.165, 1.54) is 36.4 Å². The standard InChI is InChI=1S/C18H14N4O5/c1-18(2)12-7-14(15(22(25)26)8-13(12)21-17(24)27-18)20-16(23)11-5-3-10(9-19)4-6-11/h3-8H,1-2H3,(H,20,23)(H,21,24). The predicted molar refractivity (Wildman–Crippen MR) is 95.3 cm³/mol. The highest BCUT2D eigenvalue weighted by Gasteiger charge is 2.36. The maximum atomic E-state index is 12.5. The van der Waals surface area contributed by atoms with Gasteiger partial charge in [-0.25, -0.2) is 4.79 Å². The maximum Gasteiger partial charge on any atom is 0.412 e. The third kappa shape index (κ3) is 3.41. The normalized spacial score (nSPS) is 14.2. The molecule has 0 atom stereocenters. The van der Waals surface area contributed by atoms with Gasteiger partial charge in [-0.3, -0.25) is 20.2 Å². The van der Waals surface area contributed by atoms with Gasteiger partial charge in [-0.2, -0.15) is 5.26 Å². The number of benzene rings is 2. The fourth-order valence-corrected chi connectivity index (χ4v) is 2.75. The third-order valence-electron chi connectivity index (χ3n) is 4.09. The summed E-state index contributed by atoms with van der Waals surface area (Å²) >= 11 is 0. The van der Waals surface area contributed by atoms with Gasteiger partial charge in [0.1, 0.15) is 11.3 Å². The second kappa shape index (κ2) is 6.42. The van der Waals surface area contributed by atoms with Gasteiger partial charge in [0.2, 0.25) is 0 Å². The molecule has 2 aromatic rings. The second-order valence-corrected chi connectivity index (χ2v) is 6.34. The Morgan fingerprint density at radius 2 is 1.96 bits per heavy atom. The zero-order valence-electron chi connectivity index (χ0n) is 14.4. The molecule has 0 radical (unpaired) electrons. The number of ether oxygens (including phenoxy) is 1. The van der Waals surface area contributed by atoms with E-state index in [0.29, 0.717) is 11.1 Å². The summed E-state index contributed by atoms with van der Waals surface area (Å²) < 4.78 is 5.21. The Bertz CT molecular complexity index is 1010. The van der Waals surface area contributed by atoms with E-state index < -0.39 is 22.5 Å². The van der Waals surface area contributed by atoms with Crippen molar-refractivity contribution in [3.05, 3.63) is 63.2 Å². The summed E-state index contributed by atoms with van der Waals surface area (Å²) in [6.45, 7) is 3.28. The molecule has 3 rings (SSSR count). The largest absolute Gasteiger partial charge is 0.438 e. The first-order chi connectivity index (χ1) is 12.7. The van der Waals surface area contributed by atoms with Crippen molar-refractivity contribution in [2.75, 3.05) is 10.6 Å². The van der Waals surface area contributed by atoms with E-state index in [4.69, 9.17) is 10.00 Å². The van der Waals surface area contributed by atoms with E-state index in [1.54, 1.807) is 13.8 Å². The Kier molecular flexibility index (Phi) is 4.25. The lowest BCUT2D eigenvalue weighted by molar-refractivity contribution is -0.383. The SMILES string of the molecule is CC1(C)OC(=O)Nc2cc([N+](=O)[O-])c(NC(=O)c3ccc(C#N)cc3)cc21. The number of nitriles is 1. The van der Waals surface area contributed by atoms with Gasteiger partial charge in [0, 0.05) is 17.2 Å². The molecule has 0 bridgehead atoms. The van der Waals surface area contributed by atoms with Gasteiger partial charge in [-0.1, -0.05) is 0 Å². The van der Waals surface area contributed by atoms with E-state index in [2.05, 4.69) is 10.6 Å². The quantitative estimate of drug-likeness (QED) is 0.630. The fourth-order valence-electron chi connectivity index (χ4n) is 2.75. The third-order valence-corrected chi connectivity index (χ3v) is 4.09. The Morgan fingerprint density at radius 1 is 1.30 bits per heavy atom. The summed E-state index contributed by atoms with van der Waals surface area (Å²) in [5.41, 5.74) is -0.0524. The number of nitro benzene ring substituents is 1. The van der Waals surface area contributed by atoms with Crippen LogP contribution in [0.1, 0.15) is 35.3 Å². The highest BCUT2D eigenvalue weighted by molar-refractivity contribution is 6.06. The highest BCUT2D eigenvalue weighted by Crippen LogP contribution is 2.41. The van der Waals surface area contributed by atoms with Crippen molar-refractivity contribution >= 4 is 29.1 Å². The number of nitro groups is 1. The van der Waals surface area contributed by atoms with Gasteiger partial charge in [0.25, 0.3) is 11.6 Å². The number of amides is 2. The molecule has 9 nitrogen and oxygen atoms in total. The van der Waals surface area contributed by atoms with E-state index >= 15 is 0 Å². The van der Waals surface area contributed by atoms with Gasteiger partial charge in [0.05, 0.1) is 22.2 Å². The Morgan fingerprint density at radius 3 is 2.56 bits per heavy atom. The van der Waals surface area contributed by atoms with Crippen LogP contribution in [0.15, 0.2) is 36.4 Å². The van der Waals surface area contributed by atoms with Gasteiger partial charge in [-0.05, 0) is 44.2 Å². The van der Waals surface area contributed by atoms with E-state index in [-0.39, 0.29) is 22.6 Å². The van der Waals surface area contributed by atoms with Gasteiger partial charge >= 0.3 is 6.09 Å². The molecule has 136 valence electrons. The van der Waals surface area contributed by atoms with Crippen LogP contribution < -0.4 is 10.6 Å². The lowest BCUT2D eigenvalue weighted by atomic mass is 9.93. The molecule has 2 N–H and O–H groups in total. The summed E-state index contributed by atoms with van der Waals surface area (Å²) in [5, 5.41) is 25.2. The van der Waals surface area contributed by atoms with E-state index in [9.17, 15) is 19.7 Å². The van der Waals surface area contributed by atoms with Crippen LogP contribution in [0.3, 0.4) is 0 Å². The number of hydrogen-bond donors (Lipinski definition) is 2. The summed E-state index contributed by atoms with van der Waals surface area (Å²) in [6.07, 6.45) is -0.712. The molecular formula is C18H14N4O5. The smallest absolute Gasteiger partial charge is 0.412 e. The first kappa shape index (κ1) is 17.9. The van der Waals surface area contributed by atoms with Crippen LogP contribution in [-0.2, 0) is 10.3 Å². The lowest BCUT2D eigenvalue weighted by Crippen LogP contribution is -2.35. The van der Waals surface area contributed by atoms with Gasteiger partial charge in [0.15, 0.2) is 0 Å². The zero-order valence-corrected chi connectivity index (χ0v) is 14.4. The van der Waals surface area contributed by atoms with Crippen molar-refractivity contribution in [2.24, 2.45) is 0 Å². The number of cyclic esters (lactones) is 1. The molecule has 0 unspecified atom stereocenters. The number of hydrogen-bond acceptors (Lipinski definition) is 6. The Balaban J connectivity index is 2.01. The lowest BCUT2D eigenvalue weighted by Gasteiger charge is -2.32. The summed E-state index contributed by atoms with van der Waals surface area (Å²) in [5.74, 6) is -0.568. The van der Waals surface area contributed by atoms with Crippen LogP contribution in [0, 0.1) is 21.4 Å². The molecule has 0 saturated carbocycles. The number of rotatable bonds is 3. The minimum Gasteiger partial charge on any atom is -0.438 e. The van der Waals surface area contributed by atoms with Crippen molar-refractivity contribution in [2.45, 2.75) is 19.4 Å². The summed E-state index contributed by atoms with van der Waals surface area (Å²) in [6, 6.07) is 10.4. The number of nitrogens with one attached hydrogen (secondary N) is 2. The van der Waals surface area contributed by atoms with Crippen molar-refractivity contribution in [3.63, 3.8) is 0 Å². The highest BCUT2D eigenvalue weighted by atomic mass is 16.6. The number of nitrogens with zero attached hydrogens (tertiary/aromatic N) is 2. The molecular weight excluding hydrogens is 352 g/mol. The monoisotopic (exact) mass is 366 g/mol. The molecule has 2 amide bonds. The van der Waals surface area contributed by atoms with Crippen LogP contribution in [0.4, 0.5) is 21.9 Å². The minimum atomic E-state index is -1.03. The van der Waals surface area contributed by atoms with E-state index in [0.717, 1.165) is 0 Å². The molecule has 1 aliphatic heterocycles. The summed E-state index contributed by atoms with van der Waals surface area (Å²) in [7, 11) is 0. The molecule has 0 saturated heterocycles. The van der Waals surface area contributed by atoms with Gasteiger partial charge in [-0.15, -0.1) is 0 Å². The number of anilines is 2. The zero-order chi connectivity index (χ0) is 19.8. The molecule has 9 heteroatoms. The molecule has 2 aromatic carbocycles.